The van der Waals surface area contributed by atoms with Crippen molar-refractivity contribution < 1.29 is 28.8 Å². The Morgan fingerprint density at radius 2 is 1.83 bits per heavy atom. The van der Waals surface area contributed by atoms with Crippen LogP contribution in [-0.2, 0) is 28.8 Å². The number of rotatable bonds is 10. The zero-order valence-corrected chi connectivity index (χ0v) is 23.7. The third-order valence-corrected chi connectivity index (χ3v) is 8.43. The maximum Gasteiger partial charge on any atom is 0.357 e. The van der Waals surface area contributed by atoms with Crippen LogP contribution in [0.1, 0.15) is 22.9 Å². The zero-order chi connectivity index (χ0) is 29.6. The Hall–Kier alpha value is -4.93. The summed E-state index contributed by atoms with van der Waals surface area (Å²) in [6, 6.07) is 17.5. The van der Waals surface area contributed by atoms with E-state index in [2.05, 4.69) is 26.7 Å². The van der Waals surface area contributed by atoms with Crippen LogP contribution in [0.5, 0.6) is 0 Å². The van der Waals surface area contributed by atoms with Gasteiger partial charge in [-0.2, -0.15) is 0 Å². The minimum Gasteiger partial charge on any atom is -0.448 e. The maximum atomic E-state index is 13.7. The van der Waals surface area contributed by atoms with Crippen molar-refractivity contribution in [2.45, 2.75) is 17.5 Å². The number of benzene rings is 2. The van der Waals surface area contributed by atoms with Gasteiger partial charge in [0.25, 0.3) is 11.8 Å². The van der Waals surface area contributed by atoms with E-state index in [1.54, 1.807) is 0 Å². The molecule has 42 heavy (non-hydrogen) atoms. The number of amides is 3. The van der Waals surface area contributed by atoms with Crippen LogP contribution in [-0.4, -0.2) is 64.1 Å². The van der Waals surface area contributed by atoms with Crippen LogP contribution in [0.4, 0.5) is 5.13 Å². The highest BCUT2D eigenvalue weighted by Gasteiger charge is 2.55. The minimum atomic E-state index is -0.975. The van der Waals surface area contributed by atoms with Gasteiger partial charge in [-0.25, -0.2) is 9.78 Å². The predicted molar refractivity (Wildman–Crippen MR) is 157 cm³/mol. The molecule has 2 N–H and O–H groups in total. The predicted octanol–water partition coefficient (Wildman–Crippen LogP) is 2.68. The van der Waals surface area contributed by atoms with Crippen LogP contribution in [0, 0.1) is 12.3 Å². The molecule has 0 aliphatic carbocycles. The molecule has 212 valence electrons. The second kappa shape index (κ2) is 12.7. The molecule has 13 heteroatoms. The molecule has 1 aromatic heterocycles. The number of anilines is 1. The summed E-state index contributed by atoms with van der Waals surface area (Å²) in [6.45, 7) is 0. The number of oxime groups is 1. The van der Waals surface area contributed by atoms with Crippen LogP contribution in [0.25, 0.3) is 0 Å². The number of terminal acetylenes is 1. The van der Waals surface area contributed by atoms with Crippen molar-refractivity contribution in [2.24, 2.45) is 5.16 Å². The summed E-state index contributed by atoms with van der Waals surface area (Å²) in [5, 5.41) is 9.98. The Labute approximate surface area is 249 Å². The van der Waals surface area contributed by atoms with Crippen molar-refractivity contribution in [3.63, 3.8) is 0 Å². The topological polar surface area (TPSA) is 139 Å². The number of thioether (sulfide) groups is 1. The molecule has 11 nitrogen and oxygen atoms in total. The molecular weight excluding hydrogens is 578 g/mol. The number of aromatic nitrogens is 1. The van der Waals surface area contributed by atoms with Gasteiger partial charge in [-0.15, -0.1) is 29.5 Å². The molecule has 3 heterocycles. The molecule has 2 aliphatic rings. The number of carbonyl (C=O) groups excluding carboxylic acids is 4. The number of fused-ring (bicyclic) bond motifs is 1. The quantitative estimate of drug-likeness (QED) is 0.0903. The molecule has 0 spiro atoms. The van der Waals surface area contributed by atoms with E-state index in [4.69, 9.17) is 16.0 Å². The van der Waals surface area contributed by atoms with Crippen molar-refractivity contribution in [3.05, 3.63) is 94.1 Å². The van der Waals surface area contributed by atoms with Crippen LogP contribution < -0.4 is 10.6 Å². The minimum absolute atomic E-state index is 0.0246. The fourth-order valence-corrected chi connectivity index (χ4v) is 6.42. The van der Waals surface area contributed by atoms with Gasteiger partial charge in [-0.3, -0.25) is 19.3 Å². The SMILES string of the molecule is C#CC1=C(C(=O)OC(c2ccccc2)c2ccccc2)N2C(=O)C(NC(=O)/C(=N/OC)c3csc(NC=O)n3)[C@H]2SC1. The number of nitrogens with one attached hydrogen (secondary N) is 2. The summed E-state index contributed by atoms with van der Waals surface area (Å²) in [5.41, 5.74) is 1.76. The fraction of sp³-hybridized carbons (Fsp3) is 0.172. The number of β-lactam (4-membered cyclic amide) rings is 1. The number of carbonyl (C=O) groups is 4. The molecule has 0 saturated carbocycles. The molecule has 2 atom stereocenters. The normalized spacial score (nSPS) is 18.0. The highest BCUT2D eigenvalue weighted by Crippen LogP contribution is 2.41. The van der Waals surface area contributed by atoms with Crippen LogP contribution in [0.15, 0.2) is 82.5 Å². The van der Waals surface area contributed by atoms with E-state index >= 15 is 0 Å². The molecule has 2 aliphatic heterocycles. The van der Waals surface area contributed by atoms with E-state index in [0.29, 0.717) is 12.0 Å². The van der Waals surface area contributed by atoms with Gasteiger partial charge >= 0.3 is 5.97 Å². The molecule has 3 aromatic rings. The van der Waals surface area contributed by atoms with Gasteiger partial charge in [0.2, 0.25) is 6.41 Å². The van der Waals surface area contributed by atoms with Crippen molar-refractivity contribution in [3.8, 4) is 12.3 Å². The number of ether oxygens (including phenoxy) is 1. The smallest absolute Gasteiger partial charge is 0.357 e. The van der Waals surface area contributed by atoms with Gasteiger partial charge in [0.15, 0.2) is 16.9 Å². The molecule has 0 radical (unpaired) electrons. The fourth-order valence-electron chi connectivity index (χ4n) is 4.47. The Morgan fingerprint density at radius 1 is 1.17 bits per heavy atom. The molecule has 1 fully saturated rings. The lowest BCUT2D eigenvalue weighted by atomic mass is 10.0. The summed E-state index contributed by atoms with van der Waals surface area (Å²) < 4.78 is 6.01. The summed E-state index contributed by atoms with van der Waals surface area (Å²) in [4.78, 5) is 61.2. The maximum absolute atomic E-state index is 13.7. The largest absolute Gasteiger partial charge is 0.448 e. The third-order valence-electron chi connectivity index (χ3n) is 6.38. The lowest BCUT2D eigenvalue weighted by molar-refractivity contribution is -0.154. The van der Waals surface area contributed by atoms with E-state index in [0.717, 1.165) is 22.5 Å². The van der Waals surface area contributed by atoms with Gasteiger partial charge in [-0.05, 0) is 11.1 Å². The van der Waals surface area contributed by atoms with Crippen molar-refractivity contribution >= 4 is 58.1 Å². The zero-order valence-electron chi connectivity index (χ0n) is 22.1. The highest BCUT2D eigenvalue weighted by atomic mass is 32.2. The molecular formula is C29H23N5O6S2. The Kier molecular flexibility index (Phi) is 8.66. The Bertz CT molecular complexity index is 1580. The van der Waals surface area contributed by atoms with Gasteiger partial charge in [0, 0.05) is 16.7 Å². The average Bonchev–Trinajstić information content (AvgIpc) is 3.49. The van der Waals surface area contributed by atoms with E-state index < -0.39 is 35.3 Å². The van der Waals surface area contributed by atoms with Crippen LogP contribution in [0.2, 0.25) is 0 Å². The van der Waals surface area contributed by atoms with Gasteiger partial charge in [0.05, 0.1) is 0 Å². The molecule has 3 amide bonds. The van der Waals surface area contributed by atoms with E-state index in [9.17, 15) is 19.2 Å². The number of thiazole rings is 1. The average molecular weight is 602 g/mol. The summed E-state index contributed by atoms with van der Waals surface area (Å²) in [7, 11) is 1.26. The summed E-state index contributed by atoms with van der Waals surface area (Å²) in [5.74, 6) is 0.780. The summed E-state index contributed by atoms with van der Waals surface area (Å²) in [6.07, 6.45) is 5.46. The highest BCUT2D eigenvalue weighted by molar-refractivity contribution is 8.00. The third kappa shape index (κ3) is 5.63. The van der Waals surface area contributed by atoms with Crippen molar-refractivity contribution in [1.82, 2.24) is 15.2 Å². The van der Waals surface area contributed by atoms with Crippen LogP contribution in [0.3, 0.4) is 0 Å². The first-order valence-corrected chi connectivity index (χ1v) is 14.4. The molecule has 2 aromatic carbocycles. The first-order chi connectivity index (χ1) is 20.5. The van der Waals surface area contributed by atoms with E-state index in [1.807, 2.05) is 60.7 Å². The lowest BCUT2D eigenvalue weighted by Gasteiger charge is -2.49. The summed E-state index contributed by atoms with van der Waals surface area (Å²) >= 11 is 2.40. The molecule has 1 saturated heterocycles. The monoisotopic (exact) mass is 601 g/mol. The Morgan fingerprint density at radius 3 is 2.43 bits per heavy atom. The second-order valence-electron chi connectivity index (χ2n) is 8.86. The lowest BCUT2D eigenvalue weighted by Crippen LogP contribution is -2.71. The number of nitrogens with zero attached hydrogens (tertiary/aromatic N) is 3. The first kappa shape index (κ1) is 28.6. The van der Waals surface area contributed by atoms with Crippen molar-refractivity contribution in [1.29, 1.82) is 0 Å². The van der Waals surface area contributed by atoms with Gasteiger partial charge in [0.1, 0.15) is 29.9 Å². The van der Waals surface area contributed by atoms with Gasteiger partial charge in [-0.1, -0.05) is 71.7 Å². The van der Waals surface area contributed by atoms with Crippen LogP contribution >= 0.6 is 23.1 Å². The number of esters is 1. The number of hydrogen-bond donors (Lipinski definition) is 2. The molecule has 5 rings (SSSR count). The van der Waals surface area contributed by atoms with Gasteiger partial charge < -0.3 is 20.2 Å². The Balaban J connectivity index is 1.36. The molecule has 0 bridgehead atoms. The van der Waals surface area contributed by atoms with Crippen molar-refractivity contribution in [2.75, 3.05) is 18.2 Å². The van der Waals surface area contributed by atoms with E-state index in [1.165, 1.54) is 29.2 Å². The first-order valence-electron chi connectivity index (χ1n) is 12.5. The van der Waals surface area contributed by atoms with E-state index in [-0.39, 0.29) is 28.0 Å². The second-order valence-corrected chi connectivity index (χ2v) is 10.8. The number of hydrogen-bond acceptors (Lipinski definition) is 10. The standard InChI is InChI=1S/C29H23N5O6S2/c1-3-17-14-41-27-22(32-25(36)21(33-39-2)20-15-42-29(31-20)30-16-35)26(37)34(27)23(17)28(38)40-24(18-10-6-4-7-11-18)19-12-8-5-9-13-19/h1,4-13,15-16,22,24,27H,14H2,2H3,(H,32,36)(H,30,31,35)/b33-21+/t22?,27-/m1/s1. The molecule has 1 unspecified atom stereocenters.